The van der Waals surface area contributed by atoms with E-state index in [9.17, 15) is 4.79 Å². The Balaban J connectivity index is 1.19. The smallest absolute Gasteiger partial charge is 0.407 e. The van der Waals surface area contributed by atoms with Crippen LogP contribution in [0.25, 0.3) is 21.3 Å². The molecule has 3 aromatic carbocycles. The number of hydrogen-bond donors (Lipinski definition) is 2. The van der Waals surface area contributed by atoms with Crippen LogP contribution < -0.4 is 11.1 Å². The van der Waals surface area contributed by atoms with Crippen LogP contribution in [-0.2, 0) is 4.74 Å². The Bertz CT molecular complexity index is 1300. The van der Waals surface area contributed by atoms with Gasteiger partial charge in [0.1, 0.15) is 6.61 Å². The molecular formula is C25H19N3O2S. The number of carbonyl (C=O) groups is 1. The van der Waals surface area contributed by atoms with Crippen molar-refractivity contribution < 1.29 is 9.53 Å². The van der Waals surface area contributed by atoms with Crippen molar-refractivity contribution in [2.45, 2.75) is 5.92 Å². The predicted molar refractivity (Wildman–Crippen MR) is 124 cm³/mol. The maximum Gasteiger partial charge on any atom is 0.407 e. The minimum atomic E-state index is -0.473. The lowest BCUT2D eigenvalue weighted by Crippen LogP contribution is -2.26. The minimum Gasteiger partial charge on any atom is -0.449 e. The van der Waals surface area contributed by atoms with E-state index in [1.807, 2.05) is 42.5 Å². The van der Waals surface area contributed by atoms with Crippen molar-refractivity contribution >= 4 is 32.8 Å². The molecule has 1 heterocycles. The third-order valence-corrected chi connectivity index (χ3v) is 6.17. The molecule has 5 rings (SSSR count). The van der Waals surface area contributed by atoms with Crippen LogP contribution in [0.5, 0.6) is 0 Å². The molecule has 5 nitrogen and oxygen atoms in total. The first kappa shape index (κ1) is 19.2. The second-order valence-corrected chi connectivity index (χ2v) is 8.28. The summed E-state index contributed by atoms with van der Waals surface area (Å²) in [6.45, 7) is 0.489. The van der Waals surface area contributed by atoms with Crippen molar-refractivity contribution in [3.8, 4) is 23.0 Å². The van der Waals surface area contributed by atoms with Gasteiger partial charge in [-0.1, -0.05) is 71.7 Å². The molecule has 0 radical (unpaired) electrons. The van der Waals surface area contributed by atoms with Gasteiger partial charge in [-0.3, -0.25) is 0 Å². The van der Waals surface area contributed by atoms with Gasteiger partial charge < -0.3 is 15.8 Å². The van der Waals surface area contributed by atoms with Gasteiger partial charge in [0.25, 0.3) is 0 Å². The summed E-state index contributed by atoms with van der Waals surface area (Å²) in [6, 6.07) is 22.3. The summed E-state index contributed by atoms with van der Waals surface area (Å²) in [7, 11) is 0. The fourth-order valence-corrected chi connectivity index (χ4v) is 4.65. The average Bonchev–Trinajstić information content (AvgIpc) is 3.32. The monoisotopic (exact) mass is 425 g/mol. The summed E-state index contributed by atoms with van der Waals surface area (Å²) in [5, 5.41) is 3.24. The molecule has 0 saturated heterocycles. The highest BCUT2D eigenvalue weighted by Crippen LogP contribution is 2.44. The van der Waals surface area contributed by atoms with Gasteiger partial charge in [0.2, 0.25) is 0 Å². The molecule has 0 atom stereocenters. The molecule has 152 valence electrons. The third kappa shape index (κ3) is 3.83. The van der Waals surface area contributed by atoms with Gasteiger partial charge >= 0.3 is 6.09 Å². The van der Waals surface area contributed by atoms with Gasteiger partial charge in [0, 0.05) is 11.5 Å². The molecule has 0 saturated carbocycles. The van der Waals surface area contributed by atoms with Crippen molar-refractivity contribution in [3.63, 3.8) is 0 Å². The zero-order chi connectivity index (χ0) is 21.2. The summed E-state index contributed by atoms with van der Waals surface area (Å²) in [5.74, 6) is 6.02. The van der Waals surface area contributed by atoms with Crippen molar-refractivity contribution in [2.24, 2.45) is 0 Å². The highest BCUT2D eigenvalue weighted by molar-refractivity contribution is 7.22. The van der Waals surface area contributed by atoms with E-state index in [0.717, 1.165) is 15.8 Å². The standard InChI is InChI=1S/C25H19N3O2S/c26-24-28-22-14-16(11-12-23(22)31-24)6-5-13-27-25(29)30-15-21-19-9-3-1-7-17(19)18-8-2-4-10-20(18)21/h1-4,7-12,14,21H,13,15H2,(H2,26,28)(H,27,29). The van der Waals surface area contributed by atoms with Crippen LogP contribution in [0.15, 0.2) is 66.7 Å². The van der Waals surface area contributed by atoms with E-state index < -0.39 is 6.09 Å². The van der Waals surface area contributed by atoms with Gasteiger partial charge in [0.05, 0.1) is 16.8 Å². The lowest BCUT2D eigenvalue weighted by Gasteiger charge is -2.14. The zero-order valence-electron chi connectivity index (χ0n) is 16.6. The van der Waals surface area contributed by atoms with Crippen LogP contribution >= 0.6 is 11.3 Å². The van der Waals surface area contributed by atoms with Crippen LogP contribution in [0, 0.1) is 11.8 Å². The molecule has 4 aromatic rings. The van der Waals surface area contributed by atoms with E-state index >= 15 is 0 Å². The second kappa shape index (κ2) is 8.13. The van der Waals surface area contributed by atoms with Crippen LogP contribution in [0.4, 0.5) is 9.93 Å². The molecule has 6 heteroatoms. The largest absolute Gasteiger partial charge is 0.449 e. The van der Waals surface area contributed by atoms with Gasteiger partial charge in [-0.05, 0) is 40.5 Å². The number of thiazole rings is 1. The number of nitrogens with zero attached hydrogens (tertiary/aromatic N) is 1. The fraction of sp³-hybridized carbons (Fsp3) is 0.120. The number of ether oxygens (including phenoxy) is 1. The number of nitrogens with one attached hydrogen (secondary N) is 1. The topological polar surface area (TPSA) is 77.2 Å². The molecule has 1 aromatic heterocycles. The van der Waals surface area contributed by atoms with E-state index in [1.165, 1.54) is 33.6 Å². The number of anilines is 1. The third-order valence-electron chi connectivity index (χ3n) is 5.30. The Labute approximate surface area is 183 Å². The molecule has 31 heavy (non-hydrogen) atoms. The molecule has 1 aliphatic carbocycles. The Morgan fingerprint density at radius 3 is 2.52 bits per heavy atom. The van der Waals surface area contributed by atoms with E-state index in [2.05, 4.69) is 46.4 Å². The maximum absolute atomic E-state index is 12.2. The predicted octanol–water partition coefficient (Wildman–Crippen LogP) is 4.77. The Hall–Kier alpha value is -3.82. The van der Waals surface area contributed by atoms with Crippen LogP contribution in [0.2, 0.25) is 0 Å². The zero-order valence-corrected chi connectivity index (χ0v) is 17.4. The number of hydrogen-bond acceptors (Lipinski definition) is 5. The second-order valence-electron chi connectivity index (χ2n) is 7.22. The summed E-state index contributed by atoms with van der Waals surface area (Å²) in [4.78, 5) is 16.5. The van der Waals surface area contributed by atoms with Crippen molar-refractivity contribution in [3.05, 3.63) is 83.4 Å². The minimum absolute atomic E-state index is 0.0431. The number of fused-ring (bicyclic) bond motifs is 4. The highest BCUT2D eigenvalue weighted by Gasteiger charge is 2.28. The average molecular weight is 426 g/mol. The van der Waals surface area contributed by atoms with Gasteiger partial charge in [-0.25, -0.2) is 9.78 Å². The number of amides is 1. The van der Waals surface area contributed by atoms with Crippen LogP contribution in [0.3, 0.4) is 0 Å². The van der Waals surface area contributed by atoms with E-state index in [0.29, 0.717) is 5.13 Å². The van der Waals surface area contributed by atoms with Crippen LogP contribution in [0.1, 0.15) is 22.6 Å². The first-order chi connectivity index (χ1) is 15.2. The number of carbonyl (C=O) groups excluding carboxylic acids is 1. The number of nitrogen functional groups attached to an aromatic ring is 1. The molecule has 0 unspecified atom stereocenters. The molecule has 0 spiro atoms. The van der Waals surface area contributed by atoms with Crippen molar-refractivity contribution in [1.82, 2.24) is 10.3 Å². The van der Waals surface area contributed by atoms with Crippen molar-refractivity contribution in [2.75, 3.05) is 18.9 Å². The van der Waals surface area contributed by atoms with E-state index in [4.69, 9.17) is 10.5 Å². The van der Waals surface area contributed by atoms with Gasteiger partial charge in [-0.15, -0.1) is 0 Å². The molecule has 1 aliphatic rings. The molecule has 0 aliphatic heterocycles. The molecule has 0 bridgehead atoms. The SMILES string of the molecule is Nc1nc2cc(C#CCNC(=O)OCC3c4ccccc4-c4ccccc43)ccc2s1. The molecule has 0 fully saturated rings. The van der Waals surface area contributed by atoms with Crippen LogP contribution in [-0.4, -0.2) is 24.2 Å². The summed E-state index contributed by atoms with van der Waals surface area (Å²) in [6.07, 6.45) is -0.473. The highest BCUT2D eigenvalue weighted by atomic mass is 32.1. The lowest BCUT2D eigenvalue weighted by molar-refractivity contribution is 0.144. The van der Waals surface area contributed by atoms with Crippen molar-refractivity contribution in [1.29, 1.82) is 0 Å². The quantitative estimate of drug-likeness (QED) is 0.464. The Morgan fingerprint density at radius 2 is 1.77 bits per heavy atom. The molecular weight excluding hydrogens is 406 g/mol. The Kier molecular flexibility index (Phi) is 5.03. The Morgan fingerprint density at radius 1 is 1.06 bits per heavy atom. The molecule has 1 amide bonds. The normalized spacial score (nSPS) is 12.0. The number of rotatable bonds is 3. The lowest BCUT2D eigenvalue weighted by atomic mass is 9.98. The summed E-state index contributed by atoms with van der Waals surface area (Å²) < 4.78 is 6.54. The number of benzene rings is 3. The fourth-order valence-electron chi connectivity index (χ4n) is 3.94. The first-order valence-corrected chi connectivity index (χ1v) is 10.7. The molecule has 3 N–H and O–H groups in total. The summed E-state index contributed by atoms with van der Waals surface area (Å²) >= 11 is 1.45. The van der Waals surface area contributed by atoms with Gasteiger partial charge in [-0.2, -0.15) is 0 Å². The van der Waals surface area contributed by atoms with E-state index in [-0.39, 0.29) is 19.1 Å². The number of nitrogens with two attached hydrogens (primary N) is 1. The van der Waals surface area contributed by atoms with Gasteiger partial charge in [0.15, 0.2) is 5.13 Å². The number of aromatic nitrogens is 1. The van der Waals surface area contributed by atoms with E-state index in [1.54, 1.807) is 0 Å². The number of alkyl carbamates (subject to hydrolysis) is 1. The first-order valence-electron chi connectivity index (χ1n) is 9.93. The summed E-state index contributed by atoms with van der Waals surface area (Å²) in [5.41, 5.74) is 12.2. The maximum atomic E-state index is 12.2.